The van der Waals surface area contributed by atoms with Crippen LogP contribution in [0.25, 0.3) is 0 Å². The largest absolute Gasteiger partial charge is 0.376 e. The molecule has 1 fully saturated rings. The zero-order valence-corrected chi connectivity index (χ0v) is 8.40. The first-order chi connectivity index (χ1) is 6.68. The van der Waals surface area contributed by atoms with E-state index in [1.54, 1.807) is 16.9 Å². The Morgan fingerprint density at radius 1 is 1.57 bits per heavy atom. The summed E-state index contributed by atoms with van der Waals surface area (Å²) in [6.07, 6.45) is 1.72. The fourth-order valence-electron chi connectivity index (χ4n) is 1.37. The molecule has 0 bridgehead atoms. The van der Waals surface area contributed by atoms with Gasteiger partial charge in [-0.05, 0) is 0 Å². The van der Waals surface area contributed by atoms with E-state index in [0.29, 0.717) is 0 Å². The van der Waals surface area contributed by atoms with E-state index in [9.17, 15) is 4.79 Å². The summed E-state index contributed by atoms with van der Waals surface area (Å²) in [6, 6.07) is 1.85. The fraction of sp³-hybridized carbons (Fsp3) is 0.556. The van der Waals surface area contributed by atoms with E-state index in [-0.39, 0.29) is 11.6 Å². The van der Waals surface area contributed by atoms with Gasteiger partial charge in [-0.3, -0.25) is 4.79 Å². The Bertz CT molecular complexity index is 381. The molecule has 1 aromatic heterocycles. The number of aromatic nitrogens is 2. The number of nitrogens with zero attached hydrogens (tertiary/aromatic N) is 3. The third kappa shape index (κ3) is 1.50. The lowest BCUT2D eigenvalue weighted by molar-refractivity contribution is 0.307. The van der Waals surface area contributed by atoms with E-state index in [4.69, 9.17) is 0 Å². The highest BCUT2D eigenvalue weighted by Crippen LogP contribution is 2.09. The minimum Gasteiger partial charge on any atom is -0.376 e. The molecule has 1 N–H and O–H groups in total. The van der Waals surface area contributed by atoms with Crippen LogP contribution < -0.4 is 15.8 Å². The Balaban J connectivity index is 2.31. The number of nitrogens with one attached hydrogen (secondary N) is 1. The second kappa shape index (κ2) is 3.42. The number of anilines is 1. The smallest absolute Gasteiger partial charge is 0.269 e. The fourth-order valence-corrected chi connectivity index (χ4v) is 1.37. The van der Waals surface area contributed by atoms with Crippen molar-refractivity contribution >= 4 is 5.69 Å². The Hall–Kier alpha value is -1.36. The molecule has 0 spiro atoms. The van der Waals surface area contributed by atoms with Crippen LogP contribution in [0.15, 0.2) is 17.1 Å². The molecular weight excluding hydrogens is 180 g/mol. The zero-order valence-electron chi connectivity index (χ0n) is 8.40. The molecule has 5 nitrogen and oxygen atoms in total. The van der Waals surface area contributed by atoms with Gasteiger partial charge in [0.25, 0.3) is 5.56 Å². The van der Waals surface area contributed by atoms with Crippen LogP contribution in [-0.2, 0) is 0 Å². The SMILES string of the molecule is CN(C)c1cnn(C2CNC2)c(=O)c1. The molecule has 14 heavy (non-hydrogen) atoms. The molecule has 0 unspecified atom stereocenters. The topological polar surface area (TPSA) is 50.2 Å². The molecule has 76 valence electrons. The van der Waals surface area contributed by atoms with Crippen molar-refractivity contribution in [3.8, 4) is 0 Å². The van der Waals surface area contributed by atoms with Crippen molar-refractivity contribution in [2.45, 2.75) is 6.04 Å². The van der Waals surface area contributed by atoms with E-state index >= 15 is 0 Å². The quantitative estimate of drug-likeness (QED) is 0.686. The van der Waals surface area contributed by atoms with Crippen LogP contribution in [0, 0.1) is 0 Å². The lowest BCUT2D eigenvalue weighted by Crippen LogP contribution is -2.47. The van der Waals surface area contributed by atoms with Crippen molar-refractivity contribution in [3.05, 3.63) is 22.6 Å². The van der Waals surface area contributed by atoms with Gasteiger partial charge in [-0.2, -0.15) is 5.10 Å². The highest BCUT2D eigenvalue weighted by Gasteiger charge is 2.20. The van der Waals surface area contributed by atoms with E-state index in [1.165, 1.54) is 0 Å². The molecular formula is C9H14N4O. The van der Waals surface area contributed by atoms with Crippen molar-refractivity contribution < 1.29 is 0 Å². The second-order valence-electron chi connectivity index (χ2n) is 3.70. The van der Waals surface area contributed by atoms with Gasteiger partial charge < -0.3 is 10.2 Å². The maximum atomic E-state index is 11.6. The Morgan fingerprint density at radius 3 is 2.71 bits per heavy atom. The minimum atomic E-state index is -0.0253. The maximum absolute atomic E-state index is 11.6. The van der Waals surface area contributed by atoms with Gasteiger partial charge in [0.05, 0.1) is 17.9 Å². The van der Waals surface area contributed by atoms with E-state index in [1.807, 2.05) is 19.0 Å². The van der Waals surface area contributed by atoms with Crippen LogP contribution in [0.5, 0.6) is 0 Å². The highest BCUT2D eigenvalue weighted by molar-refractivity contribution is 5.40. The molecule has 0 saturated carbocycles. The molecule has 0 aromatic carbocycles. The molecule has 1 aromatic rings. The van der Waals surface area contributed by atoms with Gasteiger partial charge in [0, 0.05) is 33.3 Å². The van der Waals surface area contributed by atoms with Crippen molar-refractivity contribution in [2.75, 3.05) is 32.1 Å². The van der Waals surface area contributed by atoms with Crippen LogP contribution >= 0.6 is 0 Å². The normalized spacial score (nSPS) is 16.4. The van der Waals surface area contributed by atoms with Gasteiger partial charge in [-0.15, -0.1) is 0 Å². The van der Waals surface area contributed by atoms with Gasteiger partial charge in [0.2, 0.25) is 0 Å². The summed E-state index contributed by atoms with van der Waals surface area (Å²) in [4.78, 5) is 13.5. The standard InChI is InChI=1S/C9H14N4O/c1-12(2)7-3-9(14)13(11-6-7)8-4-10-5-8/h3,6,8,10H,4-5H2,1-2H3. The van der Waals surface area contributed by atoms with Gasteiger partial charge in [0.1, 0.15) is 0 Å². The van der Waals surface area contributed by atoms with Crippen LogP contribution in [0.2, 0.25) is 0 Å². The van der Waals surface area contributed by atoms with Crippen molar-refractivity contribution in [2.24, 2.45) is 0 Å². The first-order valence-corrected chi connectivity index (χ1v) is 4.65. The molecule has 1 saturated heterocycles. The summed E-state index contributed by atoms with van der Waals surface area (Å²) in [6.45, 7) is 1.68. The summed E-state index contributed by atoms with van der Waals surface area (Å²) in [7, 11) is 3.79. The lowest BCUT2D eigenvalue weighted by atomic mass is 10.2. The lowest BCUT2D eigenvalue weighted by Gasteiger charge is -2.27. The Morgan fingerprint density at radius 2 is 2.29 bits per heavy atom. The number of rotatable bonds is 2. The molecule has 0 aliphatic carbocycles. The predicted molar refractivity (Wildman–Crippen MR) is 54.7 cm³/mol. The molecule has 5 heteroatoms. The van der Waals surface area contributed by atoms with Crippen molar-refractivity contribution in [1.82, 2.24) is 15.1 Å². The molecule has 1 aliphatic heterocycles. The van der Waals surface area contributed by atoms with Gasteiger partial charge >= 0.3 is 0 Å². The summed E-state index contributed by atoms with van der Waals surface area (Å²) in [5.41, 5.74) is 0.821. The molecule has 2 heterocycles. The number of hydrogen-bond acceptors (Lipinski definition) is 4. The van der Waals surface area contributed by atoms with Gasteiger partial charge in [0.15, 0.2) is 0 Å². The molecule has 0 atom stereocenters. The summed E-state index contributed by atoms with van der Waals surface area (Å²) in [5.74, 6) is 0. The average molecular weight is 194 g/mol. The molecule has 0 amide bonds. The summed E-state index contributed by atoms with van der Waals surface area (Å²) < 4.78 is 1.55. The van der Waals surface area contributed by atoms with Crippen LogP contribution in [0.4, 0.5) is 5.69 Å². The maximum Gasteiger partial charge on any atom is 0.269 e. The zero-order chi connectivity index (χ0) is 10.1. The minimum absolute atomic E-state index is 0.0253. The van der Waals surface area contributed by atoms with Gasteiger partial charge in [-0.1, -0.05) is 0 Å². The van der Waals surface area contributed by atoms with Gasteiger partial charge in [-0.25, -0.2) is 4.68 Å². The second-order valence-corrected chi connectivity index (χ2v) is 3.70. The molecule has 2 rings (SSSR count). The van der Waals surface area contributed by atoms with Crippen molar-refractivity contribution in [3.63, 3.8) is 0 Å². The number of hydrogen-bond donors (Lipinski definition) is 1. The first-order valence-electron chi connectivity index (χ1n) is 4.65. The summed E-state index contributed by atoms with van der Waals surface area (Å²) >= 11 is 0. The van der Waals surface area contributed by atoms with Crippen molar-refractivity contribution in [1.29, 1.82) is 0 Å². The van der Waals surface area contributed by atoms with E-state index in [0.717, 1.165) is 18.8 Å². The van der Waals surface area contributed by atoms with E-state index < -0.39 is 0 Å². The Kier molecular flexibility index (Phi) is 2.25. The van der Waals surface area contributed by atoms with Crippen LogP contribution in [-0.4, -0.2) is 37.0 Å². The first kappa shape index (κ1) is 9.21. The molecule has 1 aliphatic rings. The van der Waals surface area contributed by atoms with E-state index in [2.05, 4.69) is 10.4 Å². The third-order valence-corrected chi connectivity index (χ3v) is 2.43. The average Bonchev–Trinajstić information content (AvgIpc) is 2.04. The summed E-state index contributed by atoms with van der Waals surface area (Å²) in [5, 5.41) is 7.26. The third-order valence-electron chi connectivity index (χ3n) is 2.43. The highest BCUT2D eigenvalue weighted by atomic mass is 16.1. The van der Waals surface area contributed by atoms with Crippen LogP contribution in [0.1, 0.15) is 6.04 Å². The Labute approximate surface area is 82.3 Å². The monoisotopic (exact) mass is 194 g/mol. The predicted octanol–water partition coefficient (Wildman–Crippen LogP) is -0.546. The molecule has 0 radical (unpaired) electrons. The van der Waals surface area contributed by atoms with Crippen LogP contribution in [0.3, 0.4) is 0 Å².